The number of anilines is 1. The molecule has 7 nitrogen and oxygen atoms in total. The molecule has 1 unspecified atom stereocenters. The minimum Gasteiger partial charge on any atom is -0.480 e. The maximum Gasteiger partial charge on any atom is 0.265 e. The van der Waals surface area contributed by atoms with Crippen molar-refractivity contribution >= 4 is 33.2 Å². The average Bonchev–Trinajstić information content (AvgIpc) is 3.36. The number of sulfonamides is 1. The molecule has 2 N–H and O–H groups in total. The highest BCUT2D eigenvalue weighted by Gasteiger charge is 2.29. The van der Waals surface area contributed by atoms with E-state index in [1.54, 1.807) is 42.5 Å². The van der Waals surface area contributed by atoms with Gasteiger partial charge in [0.15, 0.2) is 6.10 Å². The molecule has 150 valence electrons. The number of rotatable bonds is 6. The molecule has 3 aromatic rings. The van der Waals surface area contributed by atoms with Crippen LogP contribution in [-0.2, 0) is 27.8 Å². The van der Waals surface area contributed by atoms with Gasteiger partial charge < -0.3 is 14.5 Å². The summed E-state index contributed by atoms with van der Waals surface area (Å²) in [5.41, 5.74) is 1.21. The highest BCUT2D eigenvalue weighted by molar-refractivity contribution is 7.89. The van der Waals surface area contributed by atoms with Crippen molar-refractivity contribution in [2.45, 2.75) is 24.0 Å². The van der Waals surface area contributed by atoms with Gasteiger partial charge in [-0.25, -0.2) is 13.1 Å². The van der Waals surface area contributed by atoms with Crippen LogP contribution in [0.5, 0.6) is 5.75 Å². The first-order valence-electron chi connectivity index (χ1n) is 8.79. The minimum absolute atomic E-state index is 0.0304. The first-order chi connectivity index (χ1) is 13.9. The van der Waals surface area contributed by atoms with Crippen molar-refractivity contribution in [2.75, 3.05) is 5.32 Å². The molecule has 0 aliphatic carbocycles. The lowest BCUT2D eigenvalue weighted by atomic mass is 10.1. The number of fused-ring (bicyclic) bond motifs is 1. The summed E-state index contributed by atoms with van der Waals surface area (Å²) in [5.74, 6) is 0.750. The van der Waals surface area contributed by atoms with E-state index in [-0.39, 0.29) is 17.3 Å². The first-order valence-corrected chi connectivity index (χ1v) is 10.6. The molecule has 0 spiro atoms. The van der Waals surface area contributed by atoms with E-state index < -0.39 is 16.1 Å². The van der Waals surface area contributed by atoms with Crippen LogP contribution in [0.25, 0.3) is 0 Å². The molecule has 4 rings (SSSR count). The Bertz CT molecular complexity index is 1150. The Morgan fingerprint density at radius 3 is 2.79 bits per heavy atom. The fourth-order valence-corrected chi connectivity index (χ4v) is 4.22. The predicted molar refractivity (Wildman–Crippen MR) is 107 cm³/mol. The van der Waals surface area contributed by atoms with Crippen molar-refractivity contribution in [3.8, 4) is 5.75 Å². The van der Waals surface area contributed by atoms with Gasteiger partial charge in [0, 0.05) is 17.1 Å². The van der Waals surface area contributed by atoms with Crippen molar-refractivity contribution in [3.63, 3.8) is 0 Å². The average molecular weight is 433 g/mol. The van der Waals surface area contributed by atoms with Gasteiger partial charge in [0.05, 0.1) is 17.7 Å². The number of carbonyl (C=O) groups excluding carboxylic acids is 1. The number of halogens is 1. The molecule has 1 aliphatic heterocycles. The van der Waals surface area contributed by atoms with Gasteiger partial charge >= 0.3 is 0 Å². The third-order valence-corrected chi connectivity index (χ3v) is 6.05. The van der Waals surface area contributed by atoms with E-state index in [0.29, 0.717) is 28.6 Å². The van der Waals surface area contributed by atoms with E-state index in [0.717, 1.165) is 5.56 Å². The van der Waals surface area contributed by atoms with E-state index in [1.807, 2.05) is 0 Å². The molecule has 2 heterocycles. The second kappa shape index (κ2) is 7.90. The summed E-state index contributed by atoms with van der Waals surface area (Å²) < 4.78 is 38.2. The molecule has 9 heteroatoms. The van der Waals surface area contributed by atoms with E-state index >= 15 is 0 Å². The van der Waals surface area contributed by atoms with Gasteiger partial charge in [-0.15, -0.1) is 0 Å². The summed E-state index contributed by atoms with van der Waals surface area (Å²) in [6, 6.07) is 14.5. The number of ether oxygens (including phenoxy) is 1. The maximum absolute atomic E-state index is 12.6. The molecule has 0 saturated carbocycles. The van der Waals surface area contributed by atoms with E-state index in [1.165, 1.54) is 18.4 Å². The molecular formula is C20H17ClN2O5S. The summed E-state index contributed by atoms with van der Waals surface area (Å²) in [6.07, 6.45) is 1.16. The summed E-state index contributed by atoms with van der Waals surface area (Å²) >= 11 is 5.97. The Kier molecular flexibility index (Phi) is 5.31. The number of hydrogen-bond donors (Lipinski definition) is 2. The first kappa shape index (κ1) is 19.5. The fourth-order valence-electron chi connectivity index (χ4n) is 2.99. The largest absolute Gasteiger partial charge is 0.480 e. The second-order valence-corrected chi connectivity index (χ2v) is 8.69. The van der Waals surface area contributed by atoms with Crippen molar-refractivity contribution in [2.24, 2.45) is 0 Å². The third-order valence-electron chi connectivity index (χ3n) is 4.42. The van der Waals surface area contributed by atoms with Gasteiger partial charge in [0.2, 0.25) is 10.0 Å². The Morgan fingerprint density at radius 2 is 2.00 bits per heavy atom. The molecule has 0 radical (unpaired) electrons. The topological polar surface area (TPSA) is 97.6 Å². The monoisotopic (exact) mass is 432 g/mol. The normalized spacial score (nSPS) is 15.6. The number of amides is 1. The highest BCUT2D eigenvalue weighted by atomic mass is 35.5. The van der Waals surface area contributed by atoms with Crippen LogP contribution < -0.4 is 14.8 Å². The maximum atomic E-state index is 12.6. The fraction of sp³-hybridized carbons (Fsp3) is 0.150. The van der Waals surface area contributed by atoms with Gasteiger partial charge in [-0.3, -0.25) is 4.79 Å². The smallest absolute Gasteiger partial charge is 0.265 e. The van der Waals surface area contributed by atoms with Crippen LogP contribution in [0, 0.1) is 0 Å². The number of carbonyl (C=O) groups is 1. The Labute approximate surface area is 172 Å². The molecule has 0 fully saturated rings. The summed E-state index contributed by atoms with van der Waals surface area (Å²) in [6.45, 7) is 0.0304. The van der Waals surface area contributed by atoms with E-state index in [4.69, 9.17) is 20.8 Å². The van der Waals surface area contributed by atoms with Crippen LogP contribution in [0.4, 0.5) is 5.69 Å². The number of nitrogens with one attached hydrogen (secondary N) is 2. The summed E-state index contributed by atoms with van der Waals surface area (Å²) in [7, 11) is -3.77. The van der Waals surface area contributed by atoms with Crippen molar-refractivity contribution in [3.05, 3.63) is 77.2 Å². The van der Waals surface area contributed by atoms with E-state index in [9.17, 15) is 13.2 Å². The molecule has 1 aliphatic rings. The highest BCUT2D eigenvalue weighted by Crippen LogP contribution is 2.31. The number of hydrogen-bond acceptors (Lipinski definition) is 5. The lowest BCUT2D eigenvalue weighted by Crippen LogP contribution is -2.31. The summed E-state index contributed by atoms with van der Waals surface area (Å²) in [5, 5.41) is 3.29. The van der Waals surface area contributed by atoms with Crippen LogP contribution >= 0.6 is 11.6 Å². The van der Waals surface area contributed by atoms with Crippen LogP contribution in [0.15, 0.2) is 70.2 Å². The zero-order chi connectivity index (χ0) is 20.4. The lowest BCUT2D eigenvalue weighted by Gasteiger charge is -2.12. The van der Waals surface area contributed by atoms with E-state index in [2.05, 4.69) is 10.0 Å². The van der Waals surface area contributed by atoms with Gasteiger partial charge in [-0.05, 0) is 54.1 Å². The van der Waals surface area contributed by atoms with Crippen molar-refractivity contribution in [1.82, 2.24) is 4.72 Å². The minimum atomic E-state index is -3.77. The quantitative estimate of drug-likeness (QED) is 0.622. The SMILES string of the molecule is O=C(Nc1cccc(S(=O)(=O)NCc2ccco2)c1)C1Cc2cc(Cl)ccc2O1. The van der Waals surface area contributed by atoms with Gasteiger partial charge in [-0.1, -0.05) is 17.7 Å². The van der Waals surface area contributed by atoms with Crippen LogP contribution in [0.1, 0.15) is 11.3 Å². The van der Waals surface area contributed by atoms with Crippen molar-refractivity contribution < 1.29 is 22.4 Å². The Hall–Kier alpha value is -2.81. The molecular weight excluding hydrogens is 416 g/mol. The molecule has 0 bridgehead atoms. The molecule has 1 atom stereocenters. The summed E-state index contributed by atoms with van der Waals surface area (Å²) in [4.78, 5) is 12.6. The Balaban J connectivity index is 1.43. The van der Waals surface area contributed by atoms with Gasteiger partial charge in [0.25, 0.3) is 5.91 Å². The van der Waals surface area contributed by atoms with Crippen LogP contribution in [0.3, 0.4) is 0 Å². The van der Waals surface area contributed by atoms with Gasteiger partial charge in [-0.2, -0.15) is 0 Å². The lowest BCUT2D eigenvalue weighted by molar-refractivity contribution is -0.122. The number of furan rings is 1. The predicted octanol–water partition coefficient (Wildman–Crippen LogP) is 3.35. The molecule has 0 saturated heterocycles. The second-order valence-electron chi connectivity index (χ2n) is 6.48. The zero-order valence-electron chi connectivity index (χ0n) is 15.1. The van der Waals surface area contributed by atoms with Crippen LogP contribution in [0.2, 0.25) is 5.02 Å². The third kappa shape index (κ3) is 4.45. The molecule has 29 heavy (non-hydrogen) atoms. The standard InChI is InChI=1S/C20H17ClN2O5S/c21-14-6-7-18-13(9-14)10-19(28-18)20(24)23-15-3-1-5-17(11-15)29(25,26)22-12-16-4-2-8-27-16/h1-9,11,19,22H,10,12H2,(H,23,24). The molecule has 1 aromatic heterocycles. The molecule has 1 amide bonds. The zero-order valence-corrected chi connectivity index (χ0v) is 16.7. The van der Waals surface area contributed by atoms with Crippen LogP contribution in [-0.4, -0.2) is 20.4 Å². The molecule has 2 aromatic carbocycles. The Morgan fingerprint density at radius 1 is 1.14 bits per heavy atom. The van der Waals surface area contributed by atoms with Crippen molar-refractivity contribution in [1.29, 1.82) is 0 Å². The van der Waals surface area contributed by atoms with Gasteiger partial charge in [0.1, 0.15) is 11.5 Å². The number of benzene rings is 2.